The Morgan fingerprint density at radius 1 is 1.22 bits per heavy atom. The number of anilines is 1. The van der Waals surface area contributed by atoms with Crippen LogP contribution >= 0.6 is 23.8 Å². The fourth-order valence-electron chi connectivity index (χ4n) is 1.43. The Morgan fingerprint density at radius 2 is 2.06 bits per heavy atom. The second-order valence-electron chi connectivity index (χ2n) is 3.64. The molecule has 0 aliphatic carbocycles. The molecule has 0 radical (unpaired) electrons. The maximum atomic E-state index is 6.05. The Hall–Kier alpha value is -1.65. The predicted octanol–water partition coefficient (Wildman–Crippen LogP) is 3.22. The number of aromatic nitrogens is 1. The highest BCUT2D eigenvalue weighted by Gasteiger charge is 2.00. The number of benzene rings is 1. The largest absolute Gasteiger partial charge is 0.358 e. The number of hydrogen-bond acceptors (Lipinski definition) is 2. The average molecular weight is 278 g/mol. The molecule has 1 heterocycles. The molecule has 92 valence electrons. The van der Waals surface area contributed by atoms with Crippen LogP contribution < -0.4 is 10.6 Å². The molecular weight excluding hydrogens is 266 g/mol. The van der Waals surface area contributed by atoms with Crippen LogP contribution in [0.15, 0.2) is 48.8 Å². The van der Waals surface area contributed by atoms with Gasteiger partial charge in [-0.3, -0.25) is 4.98 Å². The Kier molecular flexibility index (Phi) is 4.50. The maximum absolute atomic E-state index is 6.05. The van der Waals surface area contributed by atoms with Gasteiger partial charge in [0.05, 0.1) is 11.9 Å². The molecular formula is C13H12ClN3S. The summed E-state index contributed by atoms with van der Waals surface area (Å²) >= 11 is 11.2. The van der Waals surface area contributed by atoms with E-state index >= 15 is 0 Å². The second-order valence-corrected chi connectivity index (χ2v) is 4.46. The molecule has 0 saturated carbocycles. The third kappa shape index (κ3) is 3.68. The number of pyridine rings is 1. The summed E-state index contributed by atoms with van der Waals surface area (Å²) in [6.07, 6.45) is 3.43. The smallest absolute Gasteiger partial charge is 0.171 e. The van der Waals surface area contributed by atoms with Gasteiger partial charge in [-0.1, -0.05) is 29.8 Å². The summed E-state index contributed by atoms with van der Waals surface area (Å²) in [5.41, 5.74) is 1.86. The van der Waals surface area contributed by atoms with Crippen LogP contribution in [0.25, 0.3) is 0 Å². The highest BCUT2D eigenvalue weighted by atomic mass is 35.5. The number of thiocarbonyl (C=S) groups is 1. The first kappa shape index (κ1) is 12.8. The lowest BCUT2D eigenvalue weighted by molar-refractivity contribution is 0.926. The van der Waals surface area contributed by atoms with Gasteiger partial charge in [0.25, 0.3) is 0 Å². The number of rotatable bonds is 3. The van der Waals surface area contributed by atoms with E-state index in [1.165, 1.54) is 0 Å². The van der Waals surface area contributed by atoms with E-state index in [0.717, 1.165) is 16.3 Å². The van der Waals surface area contributed by atoms with Gasteiger partial charge in [0.2, 0.25) is 0 Å². The van der Waals surface area contributed by atoms with Crippen molar-refractivity contribution in [1.29, 1.82) is 0 Å². The van der Waals surface area contributed by atoms with Crippen LogP contribution in [0.2, 0.25) is 5.02 Å². The molecule has 5 heteroatoms. The van der Waals surface area contributed by atoms with Crippen LogP contribution in [0.5, 0.6) is 0 Å². The molecule has 2 aromatic rings. The molecule has 2 N–H and O–H groups in total. The summed E-state index contributed by atoms with van der Waals surface area (Å²) in [5.74, 6) is 0. The minimum atomic E-state index is 0.544. The summed E-state index contributed by atoms with van der Waals surface area (Å²) in [6.45, 7) is 0.589. The molecule has 0 saturated heterocycles. The Balaban J connectivity index is 1.88. The van der Waals surface area contributed by atoms with E-state index in [4.69, 9.17) is 23.8 Å². The van der Waals surface area contributed by atoms with Gasteiger partial charge in [-0.2, -0.15) is 0 Å². The highest BCUT2D eigenvalue weighted by Crippen LogP contribution is 2.14. The zero-order valence-corrected chi connectivity index (χ0v) is 11.1. The van der Waals surface area contributed by atoms with Gasteiger partial charge in [0.15, 0.2) is 5.11 Å². The van der Waals surface area contributed by atoms with Crippen LogP contribution in [0.3, 0.4) is 0 Å². The zero-order chi connectivity index (χ0) is 12.8. The minimum Gasteiger partial charge on any atom is -0.358 e. The molecule has 1 aromatic heterocycles. The summed E-state index contributed by atoms with van der Waals surface area (Å²) < 4.78 is 0. The van der Waals surface area contributed by atoms with E-state index in [1.54, 1.807) is 12.4 Å². The van der Waals surface area contributed by atoms with Gasteiger partial charge in [-0.25, -0.2) is 0 Å². The van der Waals surface area contributed by atoms with E-state index in [2.05, 4.69) is 15.6 Å². The number of nitrogens with zero attached hydrogens (tertiary/aromatic N) is 1. The fourth-order valence-corrected chi connectivity index (χ4v) is 1.82. The summed E-state index contributed by atoms with van der Waals surface area (Å²) in [6, 6.07) is 11.4. The molecule has 1 aromatic carbocycles. The van der Waals surface area contributed by atoms with Gasteiger partial charge in [0.1, 0.15) is 0 Å². The van der Waals surface area contributed by atoms with Crippen LogP contribution in [0, 0.1) is 0 Å². The molecule has 0 aliphatic rings. The lowest BCUT2D eigenvalue weighted by Gasteiger charge is -2.10. The monoisotopic (exact) mass is 277 g/mol. The quantitative estimate of drug-likeness (QED) is 0.845. The lowest BCUT2D eigenvalue weighted by atomic mass is 10.2. The average Bonchev–Trinajstić information content (AvgIpc) is 2.39. The predicted molar refractivity (Wildman–Crippen MR) is 78.7 cm³/mol. The van der Waals surface area contributed by atoms with Crippen molar-refractivity contribution in [1.82, 2.24) is 10.3 Å². The molecule has 0 atom stereocenters. The van der Waals surface area contributed by atoms with Crippen molar-refractivity contribution in [2.75, 3.05) is 5.32 Å². The lowest BCUT2D eigenvalue weighted by Crippen LogP contribution is -2.27. The van der Waals surface area contributed by atoms with Crippen molar-refractivity contribution in [2.45, 2.75) is 6.54 Å². The summed E-state index contributed by atoms with van der Waals surface area (Å²) in [4.78, 5) is 4.00. The fraction of sp³-hybridized carbons (Fsp3) is 0.0769. The SMILES string of the molecule is S=C(NCc1ccccc1Cl)Nc1cccnc1. The van der Waals surface area contributed by atoms with Crippen LogP contribution in [0.1, 0.15) is 5.56 Å². The van der Waals surface area contributed by atoms with Crippen LogP contribution in [-0.2, 0) is 6.54 Å². The maximum Gasteiger partial charge on any atom is 0.171 e. The molecule has 18 heavy (non-hydrogen) atoms. The van der Waals surface area contributed by atoms with Crippen LogP contribution in [-0.4, -0.2) is 10.1 Å². The third-order valence-electron chi connectivity index (χ3n) is 2.32. The topological polar surface area (TPSA) is 37.0 Å². The van der Waals surface area contributed by atoms with Gasteiger partial charge in [-0.15, -0.1) is 0 Å². The first-order chi connectivity index (χ1) is 8.75. The highest BCUT2D eigenvalue weighted by molar-refractivity contribution is 7.80. The van der Waals surface area contributed by atoms with Crippen molar-refractivity contribution in [3.8, 4) is 0 Å². The normalized spacial score (nSPS) is 9.83. The molecule has 0 aliphatic heterocycles. The molecule has 2 rings (SSSR count). The van der Waals surface area contributed by atoms with Crippen LogP contribution in [0.4, 0.5) is 5.69 Å². The number of nitrogens with one attached hydrogen (secondary N) is 2. The minimum absolute atomic E-state index is 0.544. The Labute approximate surface area is 116 Å². The van der Waals surface area contributed by atoms with E-state index in [1.807, 2.05) is 36.4 Å². The van der Waals surface area contributed by atoms with E-state index in [0.29, 0.717) is 11.7 Å². The zero-order valence-electron chi connectivity index (χ0n) is 9.56. The van der Waals surface area contributed by atoms with Gasteiger partial charge in [-0.05, 0) is 36.0 Å². The Morgan fingerprint density at radius 3 is 2.78 bits per heavy atom. The van der Waals surface area contributed by atoms with Crippen molar-refractivity contribution in [3.63, 3.8) is 0 Å². The first-order valence-electron chi connectivity index (χ1n) is 5.44. The van der Waals surface area contributed by atoms with Gasteiger partial charge in [0, 0.05) is 17.8 Å². The van der Waals surface area contributed by atoms with E-state index in [-0.39, 0.29) is 0 Å². The summed E-state index contributed by atoms with van der Waals surface area (Å²) in [5, 5.41) is 7.42. The molecule has 3 nitrogen and oxygen atoms in total. The van der Waals surface area contributed by atoms with Gasteiger partial charge >= 0.3 is 0 Å². The van der Waals surface area contributed by atoms with Crippen molar-refractivity contribution in [3.05, 3.63) is 59.4 Å². The van der Waals surface area contributed by atoms with E-state index in [9.17, 15) is 0 Å². The van der Waals surface area contributed by atoms with Crippen molar-refractivity contribution < 1.29 is 0 Å². The second kappa shape index (κ2) is 6.33. The number of halogens is 1. The standard InChI is InChI=1S/C13H12ClN3S/c14-12-6-2-1-4-10(12)8-16-13(18)17-11-5-3-7-15-9-11/h1-7,9H,8H2,(H2,16,17,18). The molecule has 0 amide bonds. The van der Waals surface area contributed by atoms with Gasteiger partial charge < -0.3 is 10.6 Å². The molecule has 0 fully saturated rings. The Bertz CT molecular complexity index is 531. The summed E-state index contributed by atoms with van der Waals surface area (Å²) in [7, 11) is 0. The van der Waals surface area contributed by atoms with Crippen molar-refractivity contribution in [2.24, 2.45) is 0 Å². The van der Waals surface area contributed by atoms with Crippen molar-refractivity contribution >= 4 is 34.6 Å². The molecule has 0 spiro atoms. The third-order valence-corrected chi connectivity index (χ3v) is 2.93. The first-order valence-corrected chi connectivity index (χ1v) is 6.22. The molecule has 0 unspecified atom stereocenters. The van der Waals surface area contributed by atoms with E-state index < -0.39 is 0 Å². The number of hydrogen-bond donors (Lipinski definition) is 2. The molecule has 0 bridgehead atoms.